The lowest BCUT2D eigenvalue weighted by atomic mass is 10.6. The summed E-state index contributed by atoms with van der Waals surface area (Å²) in [5, 5.41) is 4.14. The van der Waals surface area contributed by atoms with Crippen LogP contribution in [0.2, 0.25) is 0 Å². The molecule has 0 aliphatic heterocycles. The Morgan fingerprint density at radius 3 is 1.95 bits per heavy atom. The van der Waals surface area contributed by atoms with Gasteiger partial charge in [-0.2, -0.15) is 0 Å². The number of carbonyl (C=O) groups excluding carboxylic acids is 2. The first kappa shape index (κ1) is 17.3. The monoisotopic (exact) mass is 310 g/mol. The summed E-state index contributed by atoms with van der Waals surface area (Å²) < 4.78 is 43.9. The van der Waals surface area contributed by atoms with Crippen LogP contribution in [-0.2, 0) is 24.5 Å². The summed E-state index contributed by atoms with van der Waals surface area (Å²) >= 11 is 0. The van der Waals surface area contributed by atoms with Gasteiger partial charge in [0.1, 0.15) is 5.75 Å². The number of hydrogen-bond acceptors (Lipinski definition) is 6. The Hall–Kier alpha value is -1.68. The van der Waals surface area contributed by atoms with E-state index in [2.05, 4.69) is 18.5 Å². The summed E-state index contributed by atoms with van der Waals surface area (Å²) in [6, 6.07) is 0. The molecule has 0 saturated carbocycles. The zero-order valence-corrected chi connectivity index (χ0v) is 11.6. The lowest BCUT2D eigenvalue weighted by molar-refractivity contribution is -0.118. The fourth-order valence-electron chi connectivity index (χ4n) is 0.835. The predicted molar refractivity (Wildman–Crippen MR) is 69.5 cm³/mol. The van der Waals surface area contributed by atoms with Gasteiger partial charge in [0.25, 0.3) is 9.84 Å². The normalized spacial score (nSPS) is 11.4. The average Bonchev–Trinajstić information content (AvgIpc) is 2.33. The Balaban J connectivity index is 4.07. The summed E-state index contributed by atoms with van der Waals surface area (Å²) in [7, 11) is -7.68. The predicted octanol–water partition coefficient (Wildman–Crippen LogP) is -1.07. The van der Waals surface area contributed by atoms with Crippen molar-refractivity contribution in [1.29, 1.82) is 0 Å². The third-order valence-electron chi connectivity index (χ3n) is 1.78. The molecule has 2 amide bonds. The van der Waals surface area contributed by atoms with E-state index in [0.717, 1.165) is 0 Å². The molecule has 0 spiro atoms. The number of sulfone groups is 2. The second kappa shape index (κ2) is 7.04. The molecular formula is C9H14N2O6S2. The Bertz CT molecular complexity index is 576. The van der Waals surface area contributed by atoms with Crippen molar-refractivity contribution in [1.82, 2.24) is 10.6 Å². The van der Waals surface area contributed by atoms with Gasteiger partial charge < -0.3 is 10.6 Å². The van der Waals surface area contributed by atoms with Crippen LogP contribution in [0.1, 0.15) is 0 Å². The maximum Gasteiger partial charge on any atom is 0.340 e. The fraction of sp³-hybridized carbons (Fsp3) is 0.333. The van der Waals surface area contributed by atoms with Gasteiger partial charge in [0.15, 0.2) is 9.84 Å². The fourth-order valence-corrected chi connectivity index (χ4v) is 1.88. The number of hydrogen-bond donors (Lipinski definition) is 2. The molecule has 108 valence electrons. The molecule has 0 fully saturated rings. The molecule has 0 rings (SSSR count). The first-order valence-corrected chi connectivity index (χ1v) is 8.18. The minimum absolute atomic E-state index is 0.107. The van der Waals surface area contributed by atoms with Gasteiger partial charge in [-0.15, -0.1) is 0 Å². The molecule has 2 N–H and O–H groups in total. The van der Waals surface area contributed by atoms with Crippen molar-refractivity contribution in [3.05, 3.63) is 24.0 Å². The van der Waals surface area contributed by atoms with E-state index in [1.807, 2.05) is 5.32 Å². The van der Waals surface area contributed by atoms with Crippen LogP contribution < -0.4 is 10.6 Å². The smallest absolute Gasteiger partial charge is 0.340 e. The van der Waals surface area contributed by atoms with Gasteiger partial charge in [0.2, 0.25) is 5.91 Å². The number of amides is 2. The lowest BCUT2D eigenvalue weighted by Crippen LogP contribution is -2.38. The van der Waals surface area contributed by atoms with Crippen LogP contribution in [0, 0.1) is 0 Å². The Kier molecular flexibility index (Phi) is 6.42. The minimum atomic E-state index is -4.04. The van der Waals surface area contributed by atoms with Crippen LogP contribution >= 0.6 is 0 Å². The number of nitrogens with one attached hydrogen (secondary N) is 2. The molecule has 0 heterocycles. The van der Waals surface area contributed by atoms with Gasteiger partial charge in [-0.3, -0.25) is 9.59 Å². The zero-order chi connectivity index (χ0) is 15.1. The number of rotatable bonds is 7. The highest BCUT2D eigenvalue weighted by Crippen LogP contribution is 1.91. The van der Waals surface area contributed by atoms with E-state index >= 15 is 0 Å². The second-order valence-electron chi connectivity index (χ2n) is 3.25. The van der Waals surface area contributed by atoms with Gasteiger partial charge >= 0.3 is 5.24 Å². The van der Waals surface area contributed by atoms with Crippen LogP contribution in [-0.4, -0.2) is 46.8 Å². The third-order valence-corrected chi connectivity index (χ3v) is 4.05. The van der Waals surface area contributed by atoms with Crippen molar-refractivity contribution < 1.29 is 26.4 Å². The quantitative estimate of drug-likeness (QED) is 0.576. The largest absolute Gasteiger partial charge is 0.353 e. The summed E-state index contributed by atoms with van der Waals surface area (Å²) in [4.78, 5) is 22.2. The highest BCUT2D eigenvalue weighted by molar-refractivity contribution is 8.08. The molecule has 0 unspecified atom stereocenters. The van der Waals surface area contributed by atoms with E-state index in [4.69, 9.17) is 0 Å². The molecule has 0 radical (unpaired) electrons. The van der Waals surface area contributed by atoms with E-state index in [1.54, 1.807) is 0 Å². The topological polar surface area (TPSA) is 126 Å². The molecular weight excluding hydrogens is 296 g/mol. The SMILES string of the molecule is C=CS(=O)(=O)CC(=O)NCCNC(=O)S(=O)(=O)C=C. The van der Waals surface area contributed by atoms with Gasteiger partial charge in [0.05, 0.1) is 0 Å². The van der Waals surface area contributed by atoms with E-state index in [1.165, 1.54) is 0 Å². The average molecular weight is 310 g/mol. The standard InChI is InChI=1S/C9H14N2O6S2/c1-3-18(14,15)7-8(12)10-5-6-11-9(13)19(16,17)4-2/h3-4H,1-2,5-7H2,(H,10,12)(H,11,13). The van der Waals surface area contributed by atoms with Crippen molar-refractivity contribution in [3.63, 3.8) is 0 Å². The molecule has 0 aromatic carbocycles. The molecule has 0 aromatic heterocycles. The zero-order valence-electron chi connectivity index (χ0n) is 9.96. The molecule has 19 heavy (non-hydrogen) atoms. The summed E-state index contributed by atoms with van der Waals surface area (Å²) in [6.07, 6.45) is 0. The molecule has 0 atom stereocenters. The first-order chi connectivity index (χ1) is 8.64. The third kappa shape index (κ3) is 6.72. The lowest BCUT2D eigenvalue weighted by Gasteiger charge is -2.05. The Labute approximate surface area is 111 Å². The molecule has 8 nitrogen and oxygen atoms in total. The molecule has 0 aliphatic carbocycles. The van der Waals surface area contributed by atoms with Crippen molar-refractivity contribution in [3.8, 4) is 0 Å². The maximum atomic E-state index is 11.1. The van der Waals surface area contributed by atoms with Crippen LogP contribution in [0.25, 0.3) is 0 Å². The number of carbonyl (C=O) groups is 2. The first-order valence-electron chi connectivity index (χ1n) is 4.92. The molecule has 0 saturated heterocycles. The van der Waals surface area contributed by atoms with Crippen molar-refractivity contribution >= 4 is 30.8 Å². The Morgan fingerprint density at radius 1 is 0.947 bits per heavy atom. The molecule has 0 bridgehead atoms. The summed E-state index contributed by atoms with van der Waals surface area (Å²) in [6.45, 7) is 5.74. The van der Waals surface area contributed by atoms with Crippen molar-refractivity contribution in [2.75, 3.05) is 18.8 Å². The van der Waals surface area contributed by atoms with E-state index in [0.29, 0.717) is 10.8 Å². The van der Waals surface area contributed by atoms with Gasteiger partial charge in [-0.05, 0) is 0 Å². The Morgan fingerprint density at radius 2 is 1.47 bits per heavy atom. The maximum absolute atomic E-state index is 11.1. The molecule has 0 aromatic rings. The summed E-state index contributed by atoms with van der Waals surface area (Å²) in [5.41, 5.74) is 0. The van der Waals surface area contributed by atoms with E-state index < -0.39 is 36.6 Å². The van der Waals surface area contributed by atoms with Gasteiger partial charge in [-0.25, -0.2) is 16.8 Å². The van der Waals surface area contributed by atoms with E-state index in [-0.39, 0.29) is 13.1 Å². The van der Waals surface area contributed by atoms with Crippen molar-refractivity contribution in [2.45, 2.75) is 0 Å². The van der Waals surface area contributed by atoms with Crippen LogP contribution in [0.5, 0.6) is 0 Å². The molecule has 0 aliphatic rings. The van der Waals surface area contributed by atoms with Crippen LogP contribution in [0.3, 0.4) is 0 Å². The van der Waals surface area contributed by atoms with Gasteiger partial charge in [-0.1, -0.05) is 13.2 Å². The second-order valence-corrected chi connectivity index (χ2v) is 6.99. The van der Waals surface area contributed by atoms with Crippen molar-refractivity contribution in [2.24, 2.45) is 0 Å². The van der Waals surface area contributed by atoms with Gasteiger partial charge in [0, 0.05) is 23.9 Å². The molecule has 10 heteroatoms. The minimum Gasteiger partial charge on any atom is -0.353 e. The highest BCUT2D eigenvalue weighted by Gasteiger charge is 2.17. The summed E-state index contributed by atoms with van der Waals surface area (Å²) in [5.74, 6) is -1.53. The van der Waals surface area contributed by atoms with Crippen LogP contribution in [0.4, 0.5) is 4.79 Å². The van der Waals surface area contributed by atoms with E-state index in [9.17, 15) is 26.4 Å². The van der Waals surface area contributed by atoms with Crippen LogP contribution in [0.15, 0.2) is 24.0 Å². The highest BCUT2D eigenvalue weighted by atomic mass is 32.2.